The Morgan fingerprint density at radius 3 is 2.47 bits per heavy atom. The molecule has 1 aliphatic heterocycles. The first-order chi connectivity index (χ1) is 8.88. The molecule has 0 bridgehead atoms. The van der Waals surface area contributed by atoms with Gasteiger partial charge in [-0.1, -0.05) is 13.8 Å². The minimum Gasteiger partial charge on any atom is -0.338 e. The molecule has 1 aromatic heterocycles. The fourth-order valence-electron chi connectivity index (χ4n) is 2.04. The number of nitrogens with one attached hydrogen (secondary N) is 1. The molecule has 106 valence electrons. The van der Waals surface area contributed by atoms with Gasteiger partial charge in [-0.3, -0.25) is 0 Å². The molecule has 0 spiro atoms. The Kier molecular flexibility index (Phi) is 3.93. The molecule has 1 atom stereocenters. The Morgan fingerprint density at radius 2 is 1.95 bits per heavy atom. The zero-order valence-corrected chi connectivity index (χ0v) is 10.9. The van der Waals surface area contributed by atoms with Gasteiger partial charge in [-0.2, -0.15) is 13.2 Å². The highest BCUT2D eigenvalue weighted by Gasteiger charge is 2.32. The van der Waals surface area contributed by atoms with E-state index in [0.29, 0.717) is 31.0 Å². The molecule has 2 rings (SSSR count). The lowest BCUT2D eigenvalue weighted by atomic mass is 10.0. The van der Waals surface area contributed by atoms with Gasteiger partial charge in [-0.25, -0.2) is 9.97 Å². The zero-order chi connectivity index (χ0) is 14.0. The van der Waals surface area contributed by atoms with Gasteiger partial charge in [0.05, 0.1) is 5.56 Å². The summed E-state index contributed by atoms with van der Waals surface area (Å²) in [6.45, 7) is 6.41. The fourth-order valence-corrected chi connectivity index (χ4v) is 2.04. The van der Waals surface area contributed by atoms with Crippen molar-refractivity contribution < 1.29 is 13.2 Å². The molecular weight excluding hydrogens is 257 g/mol. The normalized spacial score (nSPS) is 20.9. The van der Waals surface area contributed by atoms with E-state index in [0.717, 1.165) is 18.9 Å². The van der Waals surface area contributed by atoms with Gasteiger partial charge in [0, 0.05) is 38.1 Å². The average molecular weight is 274 g/mol. The molecule has 4 nitrogen and oxygen atoms in total. The number of nitrogens with zero attached hydrogens (tertiary/aromatic N) is 3. The number of anilines is 1. The van der Waals surface area contributed by atoms with Crippen LogP contribution >= 0.6 is 0 Å². The number of aromatic nitrogens is 2. The van der Waals surface area contributed by atoms with Gasteiger partial charge >= 0.3 is 6.18 Å². The van der Waals surface area contributed by atoms with E-state index in [2.05, 4.69) is 29.1 Å². The Labute approximate surface area is 110 Å². The molecule has 1 saturated heterocycles. The highest BCUT2D eigenvalue weighted by molar-refractivity contribution is 5.31. The van der Waals surface area contributed by atoms with E-state index >= 15 is 0 Å². The molecule has 1 aliphatic rings. The molecule has 0 unspecified atom stereocenters. The number of hydrogen-bond donors (Lipinski definition) is 1. The van der Waals surface area contributed by atoms with Crippen molar-refractivity contribution in [3.63, 3.8) is 0 Å². The van der Waals surface area contributed by atoms with Crippen molar-refractivity contribution in [2.75, 3.05) is 24.5 Å². The number of rotatable bonds is 2. The quantitative estimate of drug-likeness (QED) is 0.894. The molecular formula is C12H17F3N4. The molecule has 19 heavy (non-hydrogen) atoms. The van der Waals surface area contributed by atoms with Crippen LogP contribution in [0, 0.1) is 5.92 Å². The Morgan fingerprint density at radius 1 is 1.32 bits per heavy atom. The standard InChI is InChI=1S/C12H17F3N4/c1-8(2)10-7-19(4-3-16-10)11-17-5-9(6-18-11)12(13,14)15/h5-6,8,10,16H,3-4,7H2,1-2H3/t10-/m1/s1. The molecule has 7 heteroatoms. The molecule has 0 aliphatic carbocycles. The first-order valence-electron chi connectivity index (χ1n) is 6.25. The summed E-state index contributed by atoms with van der Waals surface area (Å²) >= 11 is 0. The van der Waals surface area contributed by atoms with Crippen LogP contribution in [0.4, 0.5) is 19.1 Å². The molecule has 0 aromatic carbocycles. The van der Waals surface area contributed by atoms with Crippen LogP contribution in [0.25, 0.3) is 0 Å². The van der Waals surface area contributed by atoms with Gasteiger partial charge in [-0.05, 0) is 5.92 Å². The summed E-state index contributed by atoms with van der Waals surface area (Å²) in [6.07, 6.45) is -2.70. The molecule has 2 heterocycles. The zero-order valence-electron chi connectivity index (χ0n) is 10.9. The van der Waals surface area contributed by atoms with Gasteiger partial charge in [0.2, 0.25) is 5.95 Å². The monoisotopic (exact) mass is 274 g/mol. The summed E-state index contributed by atoms with van der Waals surface area (Å²) in [5.74, 6) is 0.817. The Bertz CT molecular complexity index is 416. The fraction of sp³-hybridized carbons (Fsp3) is 0.667. The first-order valence-corrected chi connectivity index (χ1v) is 6.25. The van der Waals surface area contributed by atoms with E-state index in [4.69, 9.17) is 0 Å². The van der Waals surface area contributed by atoms with Crippen LogP contribution in [0.2, 0.25) is 0 Å². The molecule has 0 saturated carbocycles. The van der Waals surface area contributed by atoms with Crippen LogP contribution in [0.3, 0.4) is 0 Å². The number of halogens is 3. The topological polar surface area (TPSA) is 41.1 Å². The third-order valence-corrected chi connectivity index (χ3v) is 3.26. The van der Waals surface area contributed by atoms with Crippen molar-refractivity contribution in [1.82, 2.24) is 15.3 Å². The second kappa shape index (κ2) is 5.32. The third-order valence-electron chi connectivity index (χ3n) is 3.26. The maximum Gasteiger partial charge on any atom is 0.419 e. The second-order valence-corrected chi connectivity index (χ2v) is 5.02. The van der Waals surface area contributed by atoms with E-state index < -0.39 is 11.7 Å². The van der Waals surface area contributed by atoms with Crippen LogP contribution in [-0.2, 0) is 6.18 Å². The summed E-state index contributed by atoms with van der Waals surface area (Å²) < 4.78 is 37.3. The molecule has 0 radical (unpaired) electrons. The number of alkyl halides is 3. The minimum atomic E-state index is -4.39. The lowest BCUT2D eigenvalue weighted by Crippen LogP contribution is -2.53. The van der Waals surface area contributed by atoms with Crippen LogP contribution in [0.15, 0.2) is 12.4 Å². The third kappa shape index (κ3) is 3.34. The van der Waals surface area contributed by atoms with Gasteiger partial charge in [0.1, 0.15) is 0 Å². The van der Waals surface area contributed by atoms with Crippen molar-refractivity contribution in [3.8, 4) is 0 Å². The maximum atomic E-state index is 12.4. The number of hydrogen-bond acceptors (Lipinski definition) is 4. The van der Waals surface area contributed by atoms with Gasteiger partial charge in [0.25, 0.3) is 0 Å². The number of piperazine rings is 1. The first kappa shape index (κ1) is 14.0. The average Bonchev–Trinajstić information content (AvgIpc) is 2.38. The van der Waals surface area contributed by atoms with Crippen molar-refractivity contribution in [2.24, 2.45) is 5.92 Å². The molecule has 0 amide bonds. The van der Waals surface area contributed by atoms with E-state index in [1.807, 2.05) is 4.90 Å². The van der Waals surface area contributed by atoms with Crippen LogP contribution in [0.1, 0.15) is 19.4 Å². The lowest BCUT2D eigenvalue weighted by molar-refractivity contribution is -0.138. The minimum absolute atomic E-state index is 0.305. The smallest absolute Gasteiger partial charge is 0.338 e. The summed E-state index contributed by atoms with van der Waals surface area (Å²) in [6, 6.07) is 0.305. The predicted molar refractivity (Wildman–Crippen MR) is 65.9 cm³/mol. The van der Waals surface area contributed by atoms with Gasteiger partial charge in [0.15, 0.2) is 0 Å². The summed E-state index contributed by atoms with van der Waals surface area (Å²) in [7, 11) is 0. The summed E-state index contributed by atoms with van der Waals surface area (Å²) in [5, 5.41) is 3.38. The maximum absolute atomic E-state index is 12.4. The van der Waals surface area contributed by atoms with Crippen molar-refractivity contribution in [3.05, 3.63) is 18.0 Å². The van der Waals surface area contributed by atoms with Crippen molar-refractivity contribution in [2.45, 2.75) is 26.1 Å². The van der Waals surface area contributed by atoms with Crippen molar-refractivity contribution in [1.29, 1.82) is 0 Å². The van der Waals surface area contributed by atoms with Gasteiger partial charge in [-0.15, -0.1) is 0 Å². The SMILES string of the molecule is CC(C)[C@H]1CN(c2ncc(C(F)(F)F)cn2)CCN1. The Balaban J connectivity index is 2.10. The molecule has 1 aromatic rings. The second-order valence-electron chi connectivity index (χ2n) is 5.02. The highest BCUT2D eigenvalue weighted by Crippen LogP contribution is 2.28. The molecule has 1 N–H and O–H groups in total. The van der Waals surface area contributed by atoms with Crippen LogP contribution in [0.5, 0.6) is 0 Å². The summed E-state index contributed by atoms with van der Waals surface area (Å²) in [4.78, 5) is 9.58. The Hall–Kier alpha value is -1.37. The summed E-state index contributed by atoms with van der Waals surface area (Å²) in [5.41, 5.74) is -0.813. The van der Waals surface area contributed by atoms with E-state index in [-0.39, 0.29) is 0 Å². The van der Waals surface area contributed by atoms with E-state index in [1.165, 1.54) is 0 Å². The van der Waals surface area contributed by atoms with E-state index in [1.54, 1.807) is 0 Å². The van der Waals surface area contributed by atoms with Crippen LogP contribution < -0.4 is 10.2 Å². The van der Waals surface area contributed by atoms with E-state index in [9.17, 15) is 13.2 Å². The highest BCUT2D eigenvalue weighted by atomic mass is 19.4. The largest absolute Gasteiger partial charge is 0.419 e. The van der Waals surface area contributed by atoms with Crippen LogP contribution in [-0.4, -0.2) is 35.6 Å². The molecule has 1 fully saturated rings. The predicted octanol–water partition coefficient (Wildman–Crippen LogP) is 1.93. The lowest BCUT2D eigenvalue weighted by Gasteiger charge is -2.35. The van der Waals surface area contributed by atoms with Gasteiger partial charge < -0.3 is 10.2 Å². The van der Waals surface area contributed by atoms with Crippen molar-refractivity contribution >= 4 is 5.95 Å².